The Kier molecular flexibility index (Phi) is 7.48. The average molecular weight is 371 g/mol. The van der Waals surface area contributed by atoms with Gasteiger partial charge in [0.2, 0.25) is 0 Å². The molecule has 0 heteroatoms. The van der Waals surface area contributed by atoms with Gasteiger partial charge in [0.1, 0.15) is 0 Å². The Morgan fingerprint density at radius 1 is 0.964 bits per heavy atom. The first-order valence-electron chi connectivity index (χ1n) is 10.8. The second-order valence-electron chi connectivity index (χ2n) is 8.36. The molecule has 28 heavy (non-hydrogen) atoms. The summed E-state index contributed by atoms with van der Waals surface area (Å²) in [5, 5.41) is 0. The van der Waals surface area contributed by atoms with Crippen LogP contribution in [0.4, 0.5) is 0 Å². The predicted octanol–water partition coefficient (Wildman–Crippen LogP) is 8.01. The van der Waals surface area contributed by atoms with Crippen LogP contribution in [0.15, 0.2) is 78.9 Å². The van der Waals surface area contributed by atoms with E-state index in [2.05, 4.69) is 87.2 Å². The minimum absolute atomic E-state index is 1.02. The average Bonchev–Trinajstić information content (AvgIpc) is 3.53. The third-order valence-corrected chi connectivity index (χ3v) is 5.56. The topological polar surface area (TPSA) is 0 Å². The molecule has 0 bridgehead atoms. The van der Waals surface area contributed by atoms with Crippen molar-refractivity contribution in [3.63, 3.8) is 0 Å². The van der Waals surface area contributed by atoms with Gasteiger partial charge < -0.3 is 0 Å². The highest BCUT2D eigenvalue weighted by molar-refractivity contribution is 5.64. The van der Waals surface area contributed by atoms with Gasteiger partial charge in [0.15, 0.2) is 0 Å². The summed E-state index contributed by atoms with van der Waals surface area (Å²) in [5.74, 6) is 1.05. The van der Waals surface area contributed by atoms with Crippen LogP contribution in [0.5, 0.6) is 0 Å². The van der Waals surface area contributed by atoms with Crippen LogP contribution in [0.2, 0.25) is 0 Å². The van der Waals surface area contributed by atoms with Crippen LogP contribution in [-0.2, 0) is 6.42 Å². The Hall–Kier alpha value is -2.34. The van der Waals surface area contributed by atoms with Crippen molar-refractivity contribution in [2.24, 2.45) is 5.92 Å². The molecule has 0 heterocycles. The fourth-order valence-corrected chi connectivity index (χ4v) is 3.53. The molecule has 0 spiro atoms. The van der Waals surface area contributed by atoms with Crippen LogP contribution in [-0.4, -0.2) is 0 Å². The zero-order valence-corrected chi connectivity index (χ0v) is 17.6. The van der Waals surface area contributed by atoms with Crippen molar-refractivity contribution in [3.8, 4) is 0 Å². The molecule has 2 aliphatic rings. The first-order valence-corrected chi connectivity index (χ1v) is 10.8. The molecule has 0 amide bonds. The number of allylic oxidation sites excluding steroid dienone is 5. The third kappa shape index (κ3) is 7.00. The molecule has 0 saturated heterocycles. The highest BCUT2D eigenvalue weighted by Gasteiger charge is 2.21. The molecule has 2 aromatic rings. The predicted molar refractivity (Wildman–Crippen MR) is 124 cm³/mol. The number of rotatable bonds is 6. The molecule has 0 N–H and O–H groups in total. The molecule has 146 valence electrons. The van der Waals surface area contributed by atoms with Crippen molar-refractivity contribution in [1.29, 1.82) is 0 Å². The number of benzene rings is 2. The van der Waals surface area contributed by atoms with Crippen molar-refractivity contribution in [3.05, 3.63) is 101 Å². The van der Waals surface area contributed by atoms with Crippen molar-refractivity contribution in [2.45, 2.75) is 58.8 Å². The van der Waals surface area contributed by atoms with E-state index in [1.165, 1.54) is 59.9 Å². The monoisotopic (exact) mass is 370 g/mol. The molecule has 0 atom stereocenters. The molecule has 2 aliphatic carbocycles. The fourth-order valence-electron chi connectivity index (χ4n) is 3.53. The van der Waals surface area contributed by atoms with E-state index in [0.29, 0.717) is 0 Å². The molecule has 0 nitrogen and oxygen atoms in total. The van der Waals surface area contributed by atoms with Crippen LogP contribution in [0.3, 0.4) is 0 Å². The summed E-state index contributed by atoms with van der Waals surface area (Å²) in [6.45, 7) is 8.44. The van der Waals surface area contributed by atoms with Gasteiger partial charge in [-0.25, -0.2) is 0 Å². The second-order valence-corrected chi connectivity index (χ2v) is 8.36. The van der Waals surface area contributed by atoms with Crippen molar-refractivity contribution in [2.75, 3.05) is 0 Å². The van der Waals surface area contributed by atoms with Gasteiger partial charge >= 0.3 is 0 Å². The van der Waals surface area contributed by atoms with Gasteiger partial charge in [0, 0.05) is 0 Å². The van der Waals surface area contributed by atoms with Crippen molar-refractivity contribution < 1.29 is 0 Å². The maximum Gasteiger partial charge on any atom is -0.0228 e. The Bertz CT molecular complexity index is 829. The van der Waals surface area contributed by atoms with Gasteiger partial charge in [0.25, 0.3) is 0 Å². The zero-order chi connectivity index (χ0) is 19.8. The summed E-state index contributed by atoms with van der Waals surface area (Å²) in [7, 11) is 0. The van der Waals surface area contributed by atoms with E-state index >= 15 is 0 Å². The molecule has 1 fully saturated rings. The lowest BCUT2D eigenvalue weighted by atomic mass is 9.98. The van der Waals surface area contributed by atoms with Gasteiger partial charge in [0.05, 0.1) is 0 Å². The largest absolute Gasteiger partial charge is 0.0952 e. The van der Waals surface area contributed by atoms with Crippen LogP contribution in [0.1, 0.15) is 60.8 Å². The summed E-state index contributed by atoms with van der Waals surface area (Å²) in [4.78, 5) is 0. The fraction of sp³-hybridized carbons (Fsp3) is 0.357. The summed E-state index contributed by atoms with van der Waals surface area (Å²) in [6, 6.07) is 17.3. The van der Waals surface area contributed by atoms with Gasteiger partial charge in [-0.1, -0.05) is 90.0 Å². The summed E-state index contributed by atoms with van der Waals surface area (Å²) in [6.07, 6.45) is 15.9. The van der Waals surface area contributed by atoms with Crippen LogP contribution in [0, 0.1) is 19.8 Å². The molecular formula is C28H34. The van der Waals surface area contributed by atoms with Crippen molar-refractivity contribution in [1.82, 2.24) is 0 Å². The lowest BCUT2D eigenvalue weighted by Gasteiger charge is -2.07. The first kappa shape index (κ1) is 20.4. The van der Waals surface area contributed by atoms with Crippen LogP contribution >= 0.6 is 0 Å². The highest BCUT2D eigenvalue weighted by atomic mass is 14.3. The molecule has 0 unspecified atom stereocenters. The van der Waals surface area contributed by atoms with Gasteiger partial charge in [-0.05, 0) is 81.4 Å². The number of aryl methyl sites for hydroxylation is 3. The molecule has 0 aliphatic heterocycles. The van der Waals surface area contributed by atoms with Gasteiger partial charge in [-0.15, -0.1) is 0 Å². The SMILES string of the molecule is C1=CC(CC2CC2)=CCC1.C=C(CCc1ccc(C)cc1)c1cccc(C)c1. The third-order valence-electron chi connectivity index (χ3n) is 5.56. The maximum absolute atomic E-state index is 4.20. The van der Waals surface area contributed by atoms with E-state index in [9.17, 15) is 0 Å². The maximum atomic E-state index is 4.20. The van der Waals surface area contributed by atoms with E-state index in [4.69, 9.17) is 0 Å². The van der Waals surface area contributed by atoms with E-state index in [-0.39, 0.29) is 0 Å². The minimum atomic E-state index is 1.02. The normalized spacial score (nSPS) is 15.4. The van der Waals surface area contributed by atoms with Crippen molar-refractivity contribution >= 4 is 5.57 Å². The Morgan fingerprint density at radius 2 is 1.75 bits per heavy atom. The highest BCUT2D eigenvalue weighted by Crippen LogP contribution is 2.36. The Balaban J connectivity index is 0.000000188. The minimum Gasteiger partial charge on any atom is -0.0952 e. The van der Waals surface area contributed by atoms with E-state index in [1.807, 2.05) is 0 Å². The lowest BCUT2D eigenvalue weighted by molar-refractivity contribution is 0.820. The lowest BCUT2D eigenvalue weighted by Crippen LogP contribution is -1.89. The molecular weight excluding hydrogens is 336 g/mol. The quantitative estimate of drug-likeness (QED) is 0.483. The Morgan fingerprint density at radius 3 is 2.39 bits per heavy atom. The molecule has 0 radical (unpaired) electrons. The van der Waals surface area contributed by atoms with E-state index < -0.39 is 0 Å². The number of hydrogen-bond donors (Lipinski definition) is 0. The second kappa shape index (κ2) is 10.3. The summed E-state index contributed by atoms with van der Waals surface area (Å²) < 4.78 is 0. The first-order chi connectivity index (χ1) is 13.6. The summed E-state index contributed by atoms with van der Waals surface area (Å²) in [5.41, 5.74) is 8.07. The summed E-state index contributed by atoms with van der Waals surface area (Å²) >= 11 is 0. The van der Waals surface area contributed by atoms with Gasteiger partial charge in [-0.3, -0.25) is 0 Å². The van der Waals surface area contributed by atoms with Crippen LogP contribution < -0.4 is 0 Å². The van der Waals surface area contributed by atoms with Crippen LogP contribution in [0.25, 0.3) is 5.57 Å². The van der Waals surface area contributed by atoms with Gasteiger partial charge in [-0.2, -0.15) is 0 Å². The molecule has 4 rings (SSSR count). The Labute approximate surface area is 171 Å². The number of hydrogen-bond acceptors (Lipinski definition) is 0. The zero-order valence-electron chi connectivity index (χ0n) is 17.6. The standard InChI is InChI=1S/C18H20.C10H14/c1-14-7-10-17(11-8-14)12-9-16(3)18-6-4-5-15(2)13-18;1-2-4-9(5-3-1)8-10-6-7-10/h4-8,10-11,13H,3,9,12H2,1-2H3;2,4-5,10H,1,3,6-8H2. The smallest absolute Gasteiger partial charge is 0.0228 e. The molecule has 2 aromatic carbocycles. The molecule has 1 saturated carbocycles. The van der Waals surface area contributed by atoms with E-state index in [0.717, 1.165) is 18.8 Å². The molecule has 0 aromatic heterocycles. The van der Waals surface area contributed by atoms with E-state index in [1.54, 1.807) is 5.57 Å².